The molecule has 0 bridgehead atoms. The number of carbonyl (C=O) groups is 2. The van der Waals surface area contributed by atoms with Crippen molar-refractivity contribution in [3.05, 3.63) is 0 Å². The van der Waals surface area contributed by atoms with Crippen LogP contribution >= 0.6 is 0 Å². The van der Waals surface area contributed by atoms with Crippen molar-refractivity contribution in [2.24, 2.45) is 5.92 Å². The predicted octanol–water partition coefficient (Wildman–Crippen LogP) is 1.54. The number of carbonyl (C=O) groups excluding carboxylic acids is 1. The van der Waals surface area contributed by atoms with Crippen molar-refractivity contribution in [2.75, 3.05) is 0 Å². The van der Waals surface area contributed by atoms with Crippen LogP contribution in [-0.2, 0) is 20.4 Å². The largest absolute Gasteiger partial charge is 0.480 e. The van der Waals surface area contributed by atoms with Crippen LogP contribution in [0, 0.1) is 5.92 Å². The highest BCUT2D eigenvalue weighted by Crippen LogP contribution is 2.14. The van der Waals surface area contributed by atoms with Gasteiger partial charge >= 0.3 is 5.97 Å². The SMILES string of the molecule is CCCC(C)NC(=O)C(C)S(=O)C(C(=O)O)C(C)C. The van der Waals surface area contributed by atoms with Crippen LogP contribution in [0.3, 0.4) is 0 Å². The Kier molecular flexibility index (Phi) is 7.90. The summed E-state index contributed by atoms with van der Waals surface area (Å²) in [4.78, 5) is 23.0. The van der Waals surface area contributed by atoms with E-state index in [1.54, 1.807) is 13.8 Å². The maximum Gasteiger partial charge on any atom is 0.319 e. The highest BCUT2D eigenvalue weighted by Gasteiger charge is 2.34. The second kappa shape index (κ2) is 8.30. The monoisotopic (exact) mass is 291 g/mol. The van der Waals surface area contributed by atoms with Crippen LogP contribution in [0.2, 0.25) is 0 Å². The molecule has 5 nitrogen and oxygen atoms in total. The van der Waals surface area contributed by atoms with Crippen molar-refractivity contribution in [2.45, 2.75) is 64.0 Å². The van der Waals surface area contributed by atoms with E-state index in [9.17, 15) is 13.8 Å². The molecule has 4 atom stereocenters. The Labute approximate surface area is 117 Å². The molecule has 0 aromatic carbocycles. The van der Waals surface area contributed by atoms with Gasteiger partial charge in [-0.15, -0.1) is 0 Å². The summed E-state index contributed by atoms with van der Waals surface area (Å²) in [6, 6.07) is 0.0132. The summed E-state index contributed by atoms with van der Waals surface area (Å²) < 4.78 is 12.2. The molecule has 0 spiro atoms. The van der Waals surface area contributed by atoms with E-state index in [-0.39, 0.29) is 17.9 Å². The Morgan fingerprint density at radius 1 is 1.21 bits per heavy atom. The number of carboxylic acids is 1. The minimum atomic E-state index is -1.72. The van der Waals surface area contributed by atoms with E-state index >= 15 is 0 Å². The van der Waals surface area contributed by atoms with Gasteiger partial charge in [-0.05, 0) is 26.2 Å². The first kappa shape index (κ1) is 18.1. The van der Waals surface area contributed by atoms with E-state index in [2.05, 4.69) is 5.32 Å². The lowest BCUT2D eigenvalue weighted by atomic mass is 10.1. The molecule has 0 aromatic heterocycles. The highest BCUT2D eigenvalue weighted by molar-refractivity contribution is 7.87. The third kappa shape index (κ3) is 5.72. The molecule has 0 saturated carbocycles. The molecular formula is C13H25NO4S. The van der Waals surface area contributed by atoms with Gasteiger partial charge in [0, 0.05) is 16.8 Å². The van der Waals surface area contributed by atoms with Gasteiger partial charge in [0.15, 0.2) is 0 Å². The summed E-state index contributed by atoms with van der Waals surface area (Å²) >= 11 is 0. The number of aliphatic carboxylic acids is 1. The van der Waals surface area contributed by atoms with E-state index < -0.39 is 27.3 Å². The van der Waals surface area contributed by atoms with Gasteiger partial charge in [0.1, 0.15) is 10.5 Å². The number of nitrogens with one attached hydrogen (secondary N) is 1. The Hall–Kier alpha value is -0.910. The molecule has 0 aromatic rings. The molecule has 0 rings (SSSR count). The third-order valence-corrected chi connectivity index (χ3v) is 5.08. The van der Waals surface area contributed by atoms with Crippen LogP contribution in [0.5, 0.6) is 0 Å². The van der Waals surface area contributed by atoms with Gasteiger partial charge in [0.2, 0.25) is 5.91 Å². The summed E-state index contributed by atoms with van der Waals surface area (Å²) in [5, 5.41) is 10.0. The third-order valence-electron chi connectivity index (χ3n) is 2.93. The molecule has 0 heterocycles. The molecule has 6 heteroatoms. The zero-order chi connectivity index (χ0) is 15.2. The quantitative estimate of drug-likeness (QED) is 0.710. The molecule has 0 aliphatic carbocycles. The summed E-state index contributed by atoms with van der Waals surface area (Å²) in [6.45, 7) is 8.81. The number of amides is 1. The van der Waals surface area contributed by atoms with E-state index in [4.69, 9.17) is 5.11 Å². The van der Waals surface area contributed by atoms with E-state index in [1.807, 2.05) is 13.8 Å². The molecule has 0 radical (unpaired) electrons. The maximum absolute atomic E-state index is 12.2. The molecular weight excluding hydrogens is 266 g/mol. The molecule has 0 fully saturated rings. The minimum Gasteiger partial charge on any atom is -0.480 e. The van der Waals surface area contributed by atoms with Gasteiger partial charge in [-0.2, -0.15) is 0 Å². The van der Waals surface area contributed by atoms with Crippen molar-refractivity contribution in [1.29, 1.82) is 0 Å². The van der Waals surface area contributed by atoms with Crippen LogP contribution in [0.15, 0.2) is 0 Å². The fourth-order valence-corrected chi connectivity index (χ4v) is 3.30. The molecule has 112 valence electrons. The summed E-state index contributed by atoms with van der Waals surface area (Å²) in [7, 11) is -1.72. The van der Waals surface area contributed by atoms with Crippen LogP contribution in [-0.4, -0.2) is 37.7 Å². The van der Waals surface area contributed by atoms with Crippen molar-refractivity contribution < 1.29 is 18.9 Å². The van der Waals surface area contributed by atoms with Crippen molar-refractivity contribution in [3.8, 4) is 0 Å². The summed E-state index contributed by atoms with van der Waals surface area (Å²) in [6.07, 6.45) is 1.79. The van der Waals surface area contributed by atoms with Crippen LogP contribution in [0.25, 0.3) is 0 Å². The molecule has 0 saturated heterocycles. The predicted molar refractivity (Wildman–Crippen MR) is 76.4 cm³/mol. The van der Waals surface area contributed by atoms with Gasteiger partial charge in [0.25, 0.3) is 0 Å². The lowest BCUT2D eigenvalue weighted by Crippen LogP contribution is -2.45. The Balaban J connectivity index is 4.71. The molecule has 2 N–H and O–H groups in total. The smallest absolute Gasteiger partial charge is 0.319 e. The van der Waals surface area contributed by atoms with Crippen molar-refractivity contribution in [3.63, 3.8) is 0 Å². The first-order valence-electron chi connectivity index (χ1n) is 6.64. The Morgan fingerprint density at radius 2 is 1.74 bits per heavy atom. The zero-order valence-electron chi connectivity index (χ0n) is 12.3. The second-order valence-corrected chi connectivity index (χ2v) is 7.04. The average molecular weight is 291 g/mol. The fraction of sp³-hybridized carbons (Fsp3) is 0.846. The number of hydrogen-bond acceptors (Lipinski definition) is 3. The second-order valence-electron chi connectivity index (χ2n) is 5.17. The highest BCUT2D eigenvalue weighted by atomic mass is 32.2. The molecule has 0 aliphatic rings. The van der Waals surface area contributed by atoms with Gasteiger partial charge < -0.3 is 10.4 Å². The van der Waals surface area contributed by atoms with Crippen LogP contribution < -0.4 is 5.32 Å². The zero-order valence-corrected chi connectivity index (χ0v) is 13.1. The first-order chi connectivity index (χ1) is 8.72. The molecule has 19 heavy (non-hydrogen) atoms. The van der Waals surface area contributed by atoms with Gasteiger partial charge in [-0.3, -0.25) is 13.8 Å². The first-order valence-corrected chi connectivity index (χ1v) is 7.92. The molecule has 1 amide bonds. The van der Waals surface area contributed by atoms with E-state index in [1.165, 1.54) is 6.92 Å². The topological polar surface area (TPSA) is 83.5 Å². The fourth-order valence-electron chi connectivity index (χ4n) is 1.84. The standard InChI is InChI=1S/C13H25NO4S/c1-6-7-9(4)14-12(15)10(5)19(18)11(8(2)3)13(16)17/h8-11H,6-7H2,1-5H3,(H,14,15)(H,16,17). The number of carboxylic acid groups (broad SMARTS) is 1. The van der Waals surface area contributed by atoms with Crippen LogP contribution in [0.1, 0.15) is 47.5 Å². The van der Waals surface area contributed by atoms with Gasteiger partial charge in [0.05, 0.1) is 0 Å². The lowest BCUT2D eigenvalue weighted by Gasteiger charge is -2.21. The normalized spacial score (nSPS) is 17.6. The number of rotatable bonds is 8. The number of hydrogen-bond donors (Lipinski definition) is 2. The maximum atomic E-state index is 12.2. The van der Waals surface area contributed by atoms with Crippen LogP contribution in [0.4, 0.5) is 0 Å². The van der Waals surface area contributed by atoms with E-state index in [0.717, 1.165) is 12.8 Å². The van der Waals surface area contributed by atoms with Gasteiger partial charge in [-0.25, -0.2) is 0 Å². The Morgan fingerprint density at radius 3 is 2.11 bits per heavy atom. The van der Waals surface area contributed by atoms with Crippen molar-refractivity contribution in [1.82, 2.24) is 5.32 Å². The van der Waals surface area contributed by atoms with E-state index in [0.29, 0.717) is 0 Å². The molecule has 0 aliphatic heterocycles. The van der Waals surface area contributed by atoms with Gasteiger partial charge in [-0.1, -0.05) is 27.2 Å². The Bertz CT molecular complexity index is 344. The summed E-state index contributed by atoms with van der Waals surface area (Å²) in [5.74, 6) is -1.73. The van der Waals surface area contributed by atoms with Crippen molar-refractivity contribution >= 4 is 22.7 Å². The summed E-state index contributed by atoms with van der Waals surface area (Å²) in [5.41, 5.74) is 0. The minimum absolute atomic E-state index is 0.0132. The average Bonchev–Trinajstić information content (AvgIpc) is 2.26. The molecule has 4 unspecified atom stereocenters. The lowest BCUT2D eigenvalue weighted by molar-refractivity contribution is -0.137.